The molecule has 5 nitrogen and oxygen atoms in total. The predicted molar refractivity (Wildman–Crippen MR) is 61.8 cm³/mol. The number of rotatable bonds is 5. The van der Waals surface area contributed by atoms with Crippen LogP contribution in [0, 0.1) is 0 Å². The van der Waals surface area contributed by atoms with Crippen LogP contribution in [0.3, 0.4) is 0 Å². The van der Waals surface area contributed by atoms with Crippen molar-refractivity contribution in [1.29, 1.82) is 0 Å². The molecule has 17 heavy (non-hydrogen) atoms. The summed E-state index contributed by atoms with van der Waals surface area (Å²) in [5.74, 6) is -2.50. The van der Waals surface area contributed by atoms with Gasteiger partial charge in [0.05, 0.1) is 17.9 Å². The first-order valence-corrected chi connectivity index (χ1v) is 6.16. The third kappa shape index (κ3) is 3.67. The second-order valence-electron chi connectivity index (χ2n) is 3.23. The van der Waals surface area contributed by atoms with Crippen LogP contribution in [0.25, 0.3) is 0 Å². The Kier molecular flexibility index (Phi) is 4.84. The van der Waals surface area contributed by atoms with Gasteiger partial charge in [-0.1, -0.05) is 30.3 Å². The van der Waals surface area contributed by atoms with E-state index in [1.165, 1.54) is 7.11 Å². The van der Waals surface area contributed by atoms with E-state index in [0.29, 0.717) is 5.56 Å². The fraction of sp³-hybridized carbons (Fsp3) is 0.273. The van der Waals surface area contributed by atoms with Gasteiger partial charge in [-0.25, -0.2) is 0 Å². The van der Waals surface area contributed by atoms with Crippen LogP contribution in [0.4, 0.5) is 0 Å². The van der Waals surface area contributed by atoms with E-state index in [4.69, 9.17) is 5.11 Å². The van der Waals surface area contributed by atoms with E-state index >= 15 is 0 Å². The van der Waals surface area contributed by atoms with Crippen LogP contribution in [0.5, 0.6) is 0 Å². The maximum absolute atomic E-state index is 11.8. The van der Waals surface area contributed by atoms with Crippen molar-refractivity contribution in [3.05, 3.63) is 35.9 Å². The summed E-state index contributed by atoms with van der Waals surface area (Å²) >= 11 is 0. The Morgan fingerprint density at radius 2 is 1.94 bits per heavy atom. The maximum atomic E-state index is 11.8. The molecule has 0 amide bonds. The maximum Gasteiger partial charge on any atom is 0.326 e. The van der Waals surface area contributed by atoms with Crippen LogP contribution in [-0.2, 0) is 25.1 Å². The molecule has 0 radical (unpaired) electrons. The number of carboxylic acid groups (broad SMARTS) is 1. The molecule has 0 aliphatic heterocycles. The molecule has 1 rings (SSSR count). The summed E-state index contributed by atoms with van der Waals surface area (Å²) in [6.45, 7) is 0. The smallest absolute Gasteiger partial charge is 0.326 e. The van der Waals surface area contributed by atoms with Gasteiger partial charge in [-0.05, 0) is 5.56 Å². The SMILES string of the molecule is COC(=O)C(c1ccccc1)S(=O)CC(=O)O. The lowest BCUT2D eigenvalue weighted by atomic mass is 10.1. The molecule has 92 valence electrons. The average Bonchev–Trinajstić information content (AvgIpc) is 2.29. The zero-order chi connectivity index (χ0) is 12.8. The van der Waals surface area contributed by atoms with E-state index < -0.39 is 33.7 Å². The minimum absolute atomic E-state index is 0.485. The summed E-state index contributed by atoms with van der Waals surface area (Å²) in [7, 11) is -0.666. The van der Waals surface area contributed by atoms with Gasteiger partial charge in [0.1, 0.15) is 5.75 Å². The van der Waals surface area contributed by atoms with Crippen molar-refractivity contribution in [2.45, 2.75) is 5.25 Å². The van der Waals surface area contributed by atoms with Gasteiger partial charge in [-0.2, -0.15) is 0 Å². The van der Waals surface area contributed by atoms with Crippen LogP contribution in [-0.4, -0.2) is 34.1 Å². The van der Waals surface area contributed by atoms with Crippen LogP contribution >= 0.6 is 0 Å². The highest BCUT2D eigenvalue weighted by molar-refractivity contribution is 7.86. The molecule has 6 heteroatoms. The molecule has 0 saturated carbocycles. The molecule has 0 aliphatic carbocycles. The van der Waals surface area contributed by atoms with Gasteiger partial charge in [0.15, 0.2) is 5.25 Å². The lowest BCUT2D eigenvalue weighted by molar-refractivity contribution is -0.140. The first kappa shape index (κ1) is 13.4. The molecule has 0 fully saturated rings. The van der Waals surface area contributed by atoms with E-state index in [9.17, 15) is 13.8 Å². The quantitative estimate of drug-likeness (QED) is 0.786. The molecule has 2 atom stereocenters. The van der Waals surface area contributed by atoms with Crippen molar-refractivity contribution in [1.82, 2.24) is 0 Å². The summed E-state index contributed by atoms with van der Waals surface area (Å²) in [6.07, 6.45) is 0. The molecule has 0 aromatic heterocycles. The van der Waals surface area contributed by atoms with E-state index in [0.717, 1.165) is 0 Å². The van der Waals surface area contributed by atoms with Crippen LogP contribution < -0.4 is 0 Å². The lowest BCUT2D eigenvalue weighted by Crippen LogP contribution is -2.23. The van der Waals surface area contributed by atoms with Crippen molar-refractivity contribution in [2.24, 2.45) is 0 Å². The Hall–Kier alpha value is -1.69. The van der Waals surface area contributed by atoms with Crippen molar-refractivity contribution in [3.63, 3.8) is 0 Å². The van der Waals surface area contributed by atoms with Gasteiger partial charge in [-0.3, -0.25) is 13.8 Å². The van der Waals surface area contributed by atoms with E-state index in [2.05, 4.69) is 4.74 Å². The molecular weight excluding hydrogens is 244 g/mol. The van der Waals surface area contributed by atoms with Crippen LogP contribution in [0.1, 0.15) is 10.8 Å². The number of carbonyl (C=O) groups excluding carboxylic acids is 1. The first-order valence-electron chi connectivity index (χ1n) is 4.78. The normalized spacial score (nSPS) is 13.7. The minimum atomic E-state index is -1.84. The van der Waals surface area contributed by atoms with Gasteiger partial charge in [0.2, 0.25) is 0 Å². The van der Waals surface area contributed by atoms with Crippen LogP contribution in [0.2, 0.25) is 0 Å². The minimum Gasteiger partial charge on any atom is -0.481 e. The Morgan fingerprint density at radius 1 is 1.35 bits per heavy atom. The summed E-state index contributed by atoms with van der Waals surface area (Å²) in [5.41, 5.74) is 0.485. The standard InChI is InChI=1S/C11H12O5S/c1-16-11(14)10(17(15)7-9(12)13)8-5-3-2-4-6-8/h2-6,10H,7H2,1H3,(H,12,13). The number of esters is 1. The fourth-order valence-corrected chi connectivity index (χ4v) is 2.52. The number of ether oxygens (including phenoxy) is 1. The number of hydrogen-bond donors (Lipinski definition) is 1. The highest BCUT2D eigenvalue weighted by atomic mass is 32.2. The fourth-order valence-electron chi connectivity index (χ4n) is 1.34. The Balaban J connectivity index is 3.00. The number of aliphatic carboxylic acids is 1. The zero-order valence-corrected chi connectivity index (χ0v) is 9.98. The number of hydrogen-bond acceptors (Lipinski definition) is 4. The van der Waals surface area contributed by atoms with Crippen molar-refractivity contribution in [3.8, 4) is 0 Å². The lowest BCUT2D eigenvalue weighted by Gasteiger charge is -2.13. The molecular formula is C11H12O5S. The van der Waals surface area contributed by atoms with Gasteiger partial charge < -0.3 is 9.84 Å². The molecule has 1 aromatic carbocycles. The van der Waals surface area contributed by atoms with Gasteiger partial charge in [-0.15, -0.1) is 0 Å². The van der Waals surface area contributed by atoms with Gasteiger partial charge in [0.25, 0.3) is 0 Å². The molecule has 0 spiro atoms. The zero-order valence-electron chi connectivity index (χ0n) is 9.16. The molecule has 1 N–H and O–H groups in total. The van der Waals surface area contributed by atoms with Crippen LogP contribution in [0.15, 0.2) is 30.3 Å². The van der Waals surface area contributed by atoms with Crippen molar-refractivity contribution in [2.75, 3.05) is 12.9 Å². The summed E-state index contributed by atoms with van der Waals surface area (Å²) < 4.78 is 16.3. The Labute approximate surface area is 101 Å². The summed E-state index contributed by atoms with van der Waals surface area (Å²) in [6, 6.07) is 8.34. The van der Waals surface area contributed by atoms with Gasteiger partial charge >= 0.3 is 11.9 Å². The summed E-state index contributed by atoms with van der Waals surface area (Å²) in [5, 5.41) is 7.53. The third-order valence-corrected chi connectivity index (χ3v) is 3.57. The summed E-state index contributed by atoms with van der Waals surface area (Å²) in [4.78, 5) is 22.0. The van der Waals surface area contributed by atoms with E-state index in [1.807, 2.05) is 0 Å². The van der Waals surface area contributed by atoms with E-state index in [-0.39, 0.29) is 0 Å². The number of methoxy groups -OCH3 is 1. The average molecular weight is 256 g/mol. The van der Waals surface area contributed by atoms with E-state index in [1.54, 1.807) is 30.3 Å². The highest BCUT2D eigenvalue weighted by Gasteiger charge is 2.29. The van der Waals surface area contributed by atoms with Gasteiger partial charge in [0, 0.05) is 0 Å². The van der Waals surface area contributed by atoms with Crippen molar-refractivity contribution < 1.29 is 23.6 Å². The molecule has 0 heterocycles. The largest absolute Gasteiger partial charge is 0.481 e. The Bertz CT molecular complexity index is 429. The Morgan fingerprint density at radius 3 is 2.41 bits per heavy atom. The highest BCUT2D eigenvalue weighted by Crippen LogP contribution is 2.21. The predicted octanol–water partition coefficient (Wildman–Crippen LogP) is 0.734. The molecule has 0 bridgehead atoms. The number of carboxylic acids is 1. The third-order valence-electron chi connectivity index (χ3n) is 2.05. The number of benzene rings is 1. The molecule has 2 unspecified atom stereocenters. The topological polar surface area (TPSA) is 80.7 Å². The monoisotopic (exact) mass is 256 g/mol. The second kappa shape index (κ2) is 6.15. The molecule has 1 aromatic rings. The molecule has 0 saturated heterocycles. The van der Waals surface area contributed by atoms with Crippen molar-refractivity contribution >= 4 is 22.7 Å². The molecule has 0 aliphatic rings. The first-order chi connectivity index (χ1) is 8.06. The number of carbonyl (C=O) groups is 2. The second-order valence-corrected chi connectivity index (χ2v) is 4.75.